The molecule has 2 aromatic rings. The molecule has 0 fully saturated rings. The predicted molar refractivity (Wildman–Crippen MR) is 102 cm³/mol. The van der Waals surface area contributed by atoms with Crippen LogP contribution in [0.1, 0.15) is 20.8 Å². The van der Waals surface area contributed by atoms with E-state index in [-0.39, 0.29) is 0 Å². The van der Waals surface area contributed by atoms with Gasteiger partial charge in [0.25, 0.3) is 0 Å². The van der Waals surface area contributed by atoms with Crippen LogP contribution in [0, 0.1) is 0 Å². The van der Waals surface area contributed by atoms with E-state index in [1.165, 1.54) is 17.6 Å². The van der Waals surface area contributed by atoms with Crippen LogP contribution in [0.5, 0.6) is 0 Å². The maximum absolute atomic E-state index is 4.46. The third-order valence-corrected chi connectivity index (χ3v) is 25.5. The second-order valence-corrected chi connectivity index (χ2v) is 21.9. The number of rotatable bonds is 5. The summed E-state index contributed by atoms with van der Waals surface area (Å²) in [5.41, 5.74) is 0. The first-order chi connectivity index (χ1) is 10.4. The van der Waals surface area contributed by atoms with E-state index in [0.29, 0.717) is 0 Å². The van der Waals surface area contributed by atoms with Crippen molar-refractivity contribution in [3.63, 3.8) is 0 Å². The molecule has 0 radical (unpaired) electrons. The van der Waals surface area contributed by atoms with Crippen molar-refractivity contribution in [2.75, 3.05) is 0 Å². The van der Waals surface area contributed by atoms with Crippen LogP contribution in [0.2, 0.25) is 0 Å². The van der Waals surface area contributed by atoms with E-state index in [1.807, 2.05) is 0 Å². The molecule has 22 heavy (non-hydrogen) atoms. The first-order valence-electron chi connectivity index (χ1n) is 7.50. The molecule has 2 rings (SSSR count). The normalized spacial score (nSPS) is 13.0. The summed E-state index contributed by atoms with van der Waals surface area (Å²) in [6.07, 6.45) is 0. The van der Waals surface area contributed by atoms with Crippen LogP contribution in [-0.2, 0) is 0 Å². The first-order valence-corrected chi connectivity index (χ1v) is 13.9. The van der Waals surface area contributed by atoms with Crippen molar-refractivity contribution < 1.29 is 0 Å². The standard InChI is InChI=1S/2C6H5.3C3H5.Sb/c2*1-2-4-6-5-3-1;3*1-3-2;/h2*1-5H;3*1H2,2H3;. The average molecular weight is 399 g/mol. The van der Waals surface area contributed by atoms with Crippen molar-refractivity contribution in [1.29, 1.82) is 0 Å². The van der Waals surface area contributed by atoms with Crippen LogP contribution >= 0.6 is 0 Å². The minimum absolute atomic E-state index is 1.21. The van der Waals surface area contributed by atoms with Gasteiger partial charge in [-0.25, -0.2) is 0 Å². The molecule has 0 aromatic heterocycles. The Balaban J connectivity index is 3.12. The third-order valence-electron chi connectivity index (χ3n) is 4.84. The summed E-state index contributed by atoms with van der Waals surface area (Å²) < 4.78 is 6.32. The molecular weight excluding hydrogens is 374 g/mol. The zero-order valence-corrected chi connectivity index (χ0v) is 16.4. The minimum atomic E-state index is -3.97. The Hall–Kier alpha value is -1.52. The molecule has 0 amide bonds. The van der Waals surface area contributed by atoms with E-state index in [9.17, 15) is 0 Å². The fourth-order valence-corrected chi connectivity index (χ4v) is 22.3. The van der Waals surface area contributed by atoms with E-state index in [1.54, 1.807) is 0 Å². The van der Waals surface area contributed by atoms with Gasteiger partial charge < -0.3 is 0 Å². The van der Waals surface area contributed by atoms with Crippen molar-refractivity contribution in [3.8, 4) is 0 Å². The molecular formula is C21H25Sb. The summed E-state index contributed by atoms with van der Waals surface area (Å²) >= 11 is -3.97. The van der Waals surface area contributed by atoms with E-state index >= 15 is 0 Å². The molecule has 0 heterocycles. The molecule has 1 heteroatoms. The molecule has 0 saturated heterocycles. The molecule has 0 spiro atoms. The Bertz CT molecular complexity index is 641. The van der Waals surface area contributed by atoms with E-state index in [0.717, 1.165) is 0 Å². The second-order valence-electron chi connectivity index (χ2n) is 5.99. The summed E-state index contributed by atoms with van der Waals surface area (Å²) in [6.45, 7) is 19.9. The molecule has 0 nitrogen and oxygen atoms in total. The van der Waals surface area contributed by atoms with Crippen LogP contribution in [0.15, 0.2) is 91.0 Å². The van der Waals surface area contributed by atoms with Gasteiger partial charge in [-0.3, -0.25) is 0 Å². The fourth-order valence-electron chi connectivity index (χ4n) is 3.90. The van der Waals surface area contributed by atoms with Gasteiger partial charge in [0.1, 0.15) is 0 Å². The van der Waals surface area contributed by atoms with Crippen molar-refractivity contribution >= 4 is 24.4 Å². The van der Waals surface area contributed by atoms with Gasteiger partial charge in [-0.2, -0.15) is 0 Å². The van der Waals surface area contributed by atoms with Gasteiger partial charge in [0, 0.05) is 0 Å². The van der Waals surface area contributed by atoms with Gasteiger partial charge in [0.05, 0.1) is 0 Å². The maximum atomic E-state index is 4.46. The number of allylic oxidation sites excluding steroid dienone is 3. The summed E-state index contributed by atoms with van der Waals surface area (Å²) in [5, 5.41) is 0. The SMILES string of the molecule is C=[C](C)[Sb]([C](=C)C)([C](=C)C)([c]1ccccc1)[c]1ccccc1. The fraction of sp³-hybridized carbons (Fsp3) is 0.143. The molecule has 0 unspecified atom stereocenters. The molecule has 114 valence electrons. The molecule has 0 aliphatic rings. The van der Waals surface area contributed by atoms with Crippen LogP contribution in [0.3, 0.4) is 0 Å². The van der Waals surface area contributed by atoms with Crippen molar-refractivity contribution in [3.05, 3.63) is 91.0 Å². The average Bonchev–Trinajstić information content (AvgIpc) is 2.50. The van der Waals surface area contributed by atoms with Gasteiger partial charge in [0.2, 0.25) is 0 Å². The molecule has 0 aliphatic heterocycles. The van der Waals surface area contributed by atoms with Crippen molar-refractivity contribution in [2.45, 2.75) is 20.8 Å². The quantitative estimate of drug-likeness (QED) is 0.648. The second kappa shape index (κ2) is 5.93. The molecule has 0 atom stereocenters. The first kappa shape index (κ1) is 16.8. The zero-order valence-electron chi connectivity index (χ0n) is 13.8. The third kappa shape index (κ3) is 1.90. The summed E-state index contributed by atoms with van der Waals surface area (Å²) in [4.78, 5) is 0. The number of benzene rings is 2. The van der Waals surface area contributed by atoms with Gasteiger partial charge in [0.15, 0.2) is 0 Å². The van der Waals surface area contributed by atoms with Crippen molar-refractivity contribution in [2.24, 2.45) is 0 Å². The number of hydrogen-bond acceptors (Lipinski definition) is 0. The predicted octanol–water partition coefficient (Wildman–Crippen LogP) is 4.55. The topological polar surface area (TPSA) is 0 Å². The van der Waals surface area contributed by atoms with Gasteiger partial charge >= 0.3 is 136 Å². The van der Waals surface area contributed by atoms with Gasteiger partial charge in [-0.15, -0.1) is 0 Å². The zero-order chi connectivity index (χ0) is 16.4. The Morgan fingerprint density at radius 2 is 0.864 bits per heavy atom. The molecule has 0 N–H and O–H groups in total. The Morgan fingerprint density at radius 1 is 0.591 bits per heavy atom. The van der Waals surface area contributed by atoms with Crippen LogP contribution in [-0.4, -0.2) is 17.4 Å². The molecule has 0 bridgehead atoms. The Labute approximate surface area is 135 Å². The summed E-state index contributed by atoms with van der Waals surface area (Å²) in [7, 11) is 0. The van der Waals surface area contributed by atoms with Crippen LogP contribution < -0.4 is 7.02 Å². The molecule has 0 aliphatic carbocycles. The number of hydrogen-bond donors (Lipinski definition) is 0. The summed E-state index contributed by atoms with van der Waals surface area (Å²) in [5.74, 6) is 0. The monoisotopic (exact) mass is 398 g/mol. The van der Waals surface area contributed by atoms with E-state index < -0.39 is 17.4 Å². The van der Waals surface area contributed by atoms with Gasteiger partial charge in [-0.05, 0) is 0 Å². The molecule has 2 aromatic carbocycles. The Morgan fingerprint density at radius 3 is 1.09 bits per heavy atom. The molecule has 0 saturated carbocycles. The van der Waals surface area contributed by atoms with Crippen LogP contribution in [0.25, 0.3) is 0 Å². The van der Waals surface area contributed by atoms with Crippen LogP contribution in [0.4, 0.5) is 0 Å². The van der Waals surface area contributed by atoms with E-state index in [2.05, 4.69) is 101 Å². The Kier molecular flexibility index (Phi) is 4.54. The summed E-state index contributed by atoms with van der Waals surface area (Å²) in [6, 6.07) is 21.5. The van der Waals surface area contributed by atoms with E-state index in [4.69, 9.17) is 0 Å². The van der Waals surface area contributed by atoms with Crippen molar-refractivity contribution in [1.82, 2.24) is 0 Å². The van der Waals surface area contributed by atoms with Gasteiger partial charge in [-0.1, -0.05) is 0 Å².